The normalized spacial score (nSPS) is 12.1. The van der Waals surface area contributed by atoms with Gasteiger partial charge in [-0.1, -0.05) is 13.3 Å². The first-order valence-electron chi connectivity index (χ1n) is 5.16. The van der Waals surface area contributed by atoms with Crippen LogP contribution in [0.3, 0.4) is 0 Å². The highest BCUT2D eigenvalue weighted by Gasteiger charge is 2.11. The van der Waals surface area contributed by atoms with E-state index in [1.54, 1.807) is 12.4 Å². The number of hydrogen-bond acceptors (Lipinski definition) is 3. The lowest BCUT2D eigenvalue weighted by molar-refractivity contribution is 0.141. The molecule has 15 heavy (non-hydrogen) atoms. The molecule has 0 aliphatic carbocycles. The van der Waals surface area contributed by atoms with Crippen molar-refractivity contribution in [3.05, 3.63) is 18.2 Å². The van der Waals surface area contributed by atoms with Crippen LogP contribution in [0.2, 0.25) is 0 Å². The lowest BCUT2D eigenvalue weighted by atomic mass is 10.3. The first kappa shape index (κ1) is 11.6. The summed E-state index contributed by atoms with van der Waals surface area (Å²) in [5, 5.41) is 2.69. The molecule has 5 nitrogen and oxygen atoms in total. The van der Waals surface area contributed by atoms with E-state index in [1.807, 2.05) is 13.8 Å². The van der Waals surface area contributed by atoms with Crippen molar-refractivity contribution in [1.82, 2.24) is 15.3 Å². The van der Waals surface area contributed by atoms with E-state index in [4.69, 9.17) is 4.74 Å². The van der Waals surface area contributed by atoms with Crippen LogP contribution >= 0.6 is 0 Å². The average Bonchev–Trinajstić information content (AvgIpc) is 2.70. The SMILES string of the molecule is CCCCOC(=O)N[C@H](C)c1ncc[nH]1. The van der Waals surface area contributed by atoms with Gasteiger partial charge in [-0.25, -0.2) is 9.78 Å². The van der Waals surface area contributed by atoms with E-state index in [0.29, 0.717) is 6.61 Å². The molecule has 1 aromatic rings. The Hall–Kier alpha value is -1.52. The quantitative estimate of drug-likeness (QED) is 0.732. The monoisotopic (exact) mass is 211 g/mol. The molecular formula is C10H17N3O2. The number of imidazole rings is 1. The van der Waals surface area contributed by atoms with Gasteiger partial charge < -0.3 is 15.0 Å². The molecule has 0 bridgehead atoms. The fourth-order valence-electron chi connectivity index (χ4n) is 1.11. The standard InChI is InChI=1S/C10H17N3O2/c1-3-4-7-15-10(14)13-8(2)9-11-5-6-12-9/h5-6,8H,3-4,7H2,1-2H3,(H,11,12)(H,13,14)/t8-/m1/s1. The van der Waals surface area contributed by atoms with Crippen LogP contribution < -0.4 is 5.32 Å². The maximum atomic E-state index is 11.2. The molecule has 0 aliphatic rings. The van der Waals surface area contributed by atoms with Crippen LogP contribution in [0.4, 0.5) is 4.79 Å². The Morgan fingerprint density at radius 2 is 2.53 bits per heavy atom. The van der Waals surface area contributed by atoms with Gasteiger partial charge >= 0.3 is 6.09 Å². The number of nitrogens with zero attached hydrogens (tertiary/aromatic N) is 1. The van der Waals surface area contributed by atoms with E-state index >= 15 is 0 Å². The fourth-order valence-corrected chi connectivity index (χ4v) is 1.11. The molecule has 0 aliphatic heterocycles. The summed E-state index contributed by atoms with van der Waals surface area (Å²) in [6.07, 6.45) is 4.88. The fraction of sp³-hybridized carbons (Fsp3) is 0.600. The highest BCUT2D eigenvalue weighted by atomic mass is 16.5. The number of carbonyl (C=O) groups is 1. The molecule has 84 valence electrons. The van der Waals surface area contributed by atoms with Crippen molar-refractivity contribution in [1.29, 1.82) is 0 Å². The Balaban J connectivity index is 2.26. The smallest absolute Gasteiger partial charge is 0.407 e. The number of H-pyrrole nitrogens is 1. The Morgan fingerprint density at radius 3 is 3.13 bits per heavy atom. The van der Waals surface area contributed by atoms with Crippen LogP contribution in [0.15, 0.2) is 12.4 Å². The summed E-state index contributed by atoms with van der Waals surface area (Å²) in [7, 11) is 0. The van der Waals surface area contributed by atoms with Crippen molar-refractivity contribution < 1.29 is 9.53 Å². The molecule has 0 fully saturated rings. The van der Waals surface area contributed by atoms with Crippen molar-refractivity contribution in [3.8, 4) is 0 Å². The number of hydrogen-bond donors (Lipinski definition) is 2. The molecule has 0 aromatic carbocycles. The van der Waals surface area contributed by atoms with Gasteiger partial charge in [0.1, 0.15) is 5.82 Å². The third kappa shape index (κ3) is 4.01. The van der Waals surface area contributed by atoms with Crippen LogP contribution in [-0.4, -0.2) is 22.7 Å². The molecule has 5 heteroatoms. The number of rotatable bonds is 5. The number of ether oxygens (including phenoxy) is 1. The molecule has 1 amide bonds. The van der Waals surface area contributed by atoms with Crippen molar-refractivity contribution in [3.63, 3.8) is 0 Å². The lowest BCUT2D eigenvalue weighted by Crippen LogP contribution is -2.28. The zero-order valence-electron chi connectivity index (χ0n) is 9.12. The topological polar surface area (TPSA) is 67.0 Å². The van der Waals surface area contributed by atoms with E-state index in [1.165, 1.54) is 0 Å². The van der Waals surface area contributed by atoms with Gasteiger partial charge in [-0.2, -0.15) is 0 Å². The molecule has 0 radical (unpaired) electrons. The summed E-state index contributed by atoms with van der Waals surface area (Å²) in [5.41, 5.74) is 0. The van der Waals surface area contributed by atoms with Crippen LogP contribution in [0.1, 0.15) is 38.6 Å². The summed E-state index contributed by atoms with van der Waals surface area (Å²) < 4.78 is 4.96. The number of unbranched alkanes of at least 4 members (excludes halogenated alkanes) is 1. The van der Waals surface area contributed by atoms with E-state index in [-0.39, 0.29) is 6.04 Å². The summed E-state index contributed by atoms with van der Waals surface area (Å²) >= 11 is 0. The molecule has 1 atom stereocenters. The predicted molar refractivity (Wildman–Crippen MR) is 56.4 cm³/mol. The maximum Gasteiger partial charge on any atom is 0.407 e. The van der Waals surface area contributed by atoms with Gasteiger partial charge in [-0.05, 0) is 13.3 Å². The van der Waals surface area contributed by atoms with Gasteiger partial charge in [-0.3, -0.25) is 0 Å². The van der Waals surface area contributed by atoms with E-state index in [0.717, 1.165) is 18.7 Å². The molecular weight excluding hydrogens is 194 g/mol. The van der Waals surface area contributed by atoms with Gasteiger partial charge in [0.05, 0.1) is 12.6 Å². The van der Waals surface area contributed by atoms with Crippen LogP contribution in [0.5, 0.6) is 0 Å². The molecule has 0 saturated heterocycles. The van der Waals surface area contributed by atoms with Crippen LogP contribution in [-0.2, 0) is 4.74 Å². The number of aromatic nitrogens is 2. The minimum absolute atomic E-state index is 0.158. The summed E-state index contributed by atoms with van der Waals surface area (Å²) in [6, 6.07) is -0.158. The van der Waals surface area contributed by atoms with Gasteiger partial charge in [0, 0.05) is 12.4 Å². The molecule has 0 saturated carbocycles. The minimum Gasteiger partial charge on any atom is -0.450 e. The summed E-state index contributed by atoms with van der Waals surface area (Å²) in [4.78, 5) is 18.2. The number of alkyl carbamates (subject to hydrolysis) is 1. The molecule has 1 heterocycles. The summed E-state index contributed by atoms with van der Waals surface area (Å²) in [5.74, 6) is 0.724. The first-order valence-corrected chi connectivity index (χ1v) is 5.16. The van der Waals surface area contributed by atoms with Crippen molar-refractivity contribution in [2.24, 2.45) is 0 Å². The van der Waals surface area contributed by atoms with Crippen molar-refractivity contribution >= 4 is 6.09 Å². The third-order valence-corrected chi connectivity index (χ3v) is 1.99. The molecule has 0 unspecified atom stereocenters. The first-order chi connectivity index (χ1) is 7.24. The molecule has 0 spiro atoms. The summed E-state index contributed by atoms with van der Waals surface area (Å²) in [6.45, 7) is 4.36. The molecule has 2 N–H and O–H groups in total. The Labute approximate surface area is 89.2 Å². The van der Waals surface area contributed by atoms with Gasteiger partial charge in [0.2, 0.25) is 0 Å². The molecule has 1 rings (SSSR count). The highest BCUT2D eigenvalue weighted by Crippen LogP contribution is 2.05. The number of nitrogens with one attached hydrogen (secondary N) is 2. The largest absolute Gasteiger partial charge is 0.450 e. The number of aromatic amines is 1. The Morgan fingerprint density at radius 1 is 1.73 bits per heavy atom. The zero-order chi connectivity index (χ0) is 11.1. The number of amides is 1. The van der Waals surface area contributed by atoms with Gasteiger partial charge in [0.25, 0.3) is 0 Å². The lowest BCUT2D eigenvalue weighted by Gasteiger charge is -2.11. The Bertz CT molecular complexity index is 285. The second-order valence-corrected chi connectivity index (χ2v) is 3.33. The van der Waals surface area contributed by atoms with Crippen molar-refractivity contribution in [2.45, 2.75) is 32.7 Å². The van der Waals surface area contributed by atoms with Crippen molar-refractivity contribution in [2.75, 3.05) is 6.61 Å². The number of carbonyl (C=O) groups excluding carboxylic acids is 1. The second kappa shape index (κ2) is 6.06. The third-order valence-electron chi connectivity index (χ3n) is 1.99. The average molecular weight is 211 g/mol. The van der Waals surface area contributed by atoms with E-state index < -0.39 is 6.09 Å². The highest BCUT2D eigenvalue weighted by molar-refractivity contribution is 5.67. The predicted octanol–water partition coefficient (Wildman–Crippen LogP) is 2.00. The second-order valence-electron chi connectivity index (χ2n) is 3.33. The van der Waals surface area contributed by atoms with Crippen LogP contribution in [0.25, 0.3) is 0 Å². The molecule has 1 aromatic heterocycles. The van der Waals surface area contributed by atoms with E-state index in [9.17, 15) is 4.79 Å². The maximum absolute atomic E-state index is 11.2. The minimum atomic E-state index is -0.396. The van der Waals surface area contributed by atoms with Gasteiger partial charge in [-0.15, -0.1) is 0 Å². The zero-order valence-corrected chi connectivity index (χ0v) is 9.12. The van der Waals surface area contributed by atoms with E-state index in [2.05, 4.69) is 15.3 Å². The van der Waals surface area contributed by atoms with Gasteiger partial charge in [0.15, 0.2) is 0 Å². The van der Waals surface area contributed by atoms with Crippen LogP contribution in [0, 0.1) is 0 Å². The Kier molecular flexibility index (Phi) is 4.66.